The second kappa shape index (κ2) is 4.25. The molecule has 0 spiro atoms. The number of fused-ring (bicyclic) bond motifs is 1. The molecule has 1 atom stereocenters. The van der Waals surface area contributed by atoms with Crippen LogP contribution in [0.1, 0.15) is 41.4 Å². The van der Waals surface area contributed by atoms with E-state index in [0.717, 1.165) is 18.7 Å². The normalized spacial score (nSPS) is 18.7. The van der Waals surface area contributed by atoms with Gasteiger partial charge in [0.2, 0.25) is 0 Å². The minimum atomic E-state index is 0.193. The van der Waals surface area contributed by atoms with Crippen molar-refractivity contribution >= 4 is 0 Å². The van der Waals surface area contributed by atoms with Crippen LogP contribution in [-0.4, -0.2) is 9.55 Å². The smallest absolute Gasteiger partial charge is 0.137 e. The van der Waals surface area contributed by atoms with Gasteiger partial charge in [0.15, 0.2) is 0 Å². The molecule has 3 heteroatoms. The molecule has 0 radical (unpaired) electrons. The third-order valence-corrected chi connectivity index (χ3v) is 3.78. The Labute approximate surface area is 108 Å². The highest BCUT2D eigenvalue weighted by molar-refractivity contribution is 5.41. The van der Waals surface area contributed by atoms with Crippen molar-refractivity contribution < 1.29 is 0 Å². The third kappa shape index (κ3) is 1.75. The maximum atomic E-state index is 6.20. The van der Waals surface area contributed by atoms with Crippen LogP contribution in [0, 0.1) is 13.8 Å². The maximum Gasteiger partial charge on any atom is 0.137 e. The van der Waals surface area contributed by atoms with Gasteiger partial charge >= 0.3 is 0 Å². The van der Waals surface area contributed by atoms with Crippen molar-refractivity contribution in [2.45, 2.75) is 39.2 Å². The molecule has 1 aliphatic carbocycles. The highest BCUT2D eigenvalue weighted by Crippen LogP contribution is 2.32. The fourth-order valence-corrected chi connectivity index (χ4v) is 2.90. The Hall–Kier alpha value is -1.61. The summed E-state index contributed by atoms with van der Waals surface area (Å²) in [6.07, 6.45) is 5.24. The van der Waals surface area contributed by atoms with Crippen LogP contribution in [0.4, 0.5) is 0 Å². The number of nitrogens with zero attached hydrogens (tertiary/aromatic N) is 2. The van der Waals surface area contributed by atoms with Gasteiger partial charge in [0.05, 0.1) is 0 Å². The summed E-state index contributed by atoms with van der Waals surface area (Å²) >= 11 is 0. The van der Waals surface area contributed by atoms with Crippen molar-refractivity contribution in [1.82, 2.24) is 9.55 Å². The summed E-state index contributed by atoms with van der Waals surface area (Å²) in [4.78, 5) is 4.50. The molecule has 0 amide bonds. The van der Waals surface area contributed by atoms with Crippen LogP contribution in [0.3, 0.4) is 0 Å². The molecular weight excluding hydrogens is 222 g/mol. The van der Waals surface area contributed by atoms with Gasteiger partial charge in [-0.05, 0) is 62.4 Å². The van der Waals surface area contributed by atoms with E-state index < -0.39 is 0 Å². The summed E-state index contributed by atoms with van der Waals surface area (Å²) in [5.41, 5.74) is 11.3. The van der Waals surface area contributed by atoms with Crippen LogP contribution in [0.15, 0.2) is 24.4 Å². The van der Waals surface area contributed by atoms with Crippen molar-refractivity contribution in [1.29, 1.82) is 0 Å². The Bertz CT molecular complexity index is 583. The van der Waals surface area contributed by atoms with Crippen molar-refractivity contribution in [3.8, 4) is 5.82 Å². The zero-order valence-corrected chi connectivity index (χ0v) is 11.0. The van der Waals surface area contributed by atoms with Crippen molar-refractivity contribution in [2.24, 2.45) is 5.73 Å². The standard InChI is InChI=1S/C15H19N3/c1-10-6-7-17-15(8-10)18-11(2)9-12-13(16)4-3-5-14(12)18/h6-9,13H,3-5,16H2,1-2H3. The molecule has 18 heavy (non-hydrogen) atoms. The Balaban J connectivity index is 2.18. The highest BCUT2D eigenvalue weighted by atomic mass is 15.1. The lowest BCUT2D eigenvalue weighted by molar-refractivity contribution is 0.559. The minimum Gasteiger partial charge on any atom is -0.324 e. The molecule has 0 bridgehead atoms. The maximum absolute atomic E-state index is 6.20. The third-order valence-electron chi connectivity index (χ3n) is 3.78. The molecule has 1 unspecified atom stereocenters. The van der Waals surface area contributed by atoms with Gasteiger partial charge in [-0.25, -0.2) is 4.98 Å². The molecule has 1 aliphatic rings. The topological polar surface area (TPSA) is 43.8 Å². The first-order chi connectivity index (χ1) is 8.66. The van der Waals surface area contributed by atoms with Gasteiger partial charge in [0.25, 0.3) is 0 Å². The first-order valence-corrected chi connectivity index (χ1v) is 6.56. The zero-order chi connectivity index (χ0) is 12.7. The first kappa shape index (κ1) is 11.5. The lowest BCUT2D eigenvalue weighted by Crippen LogP contribution is -2.18. The molecule has 2 N–H and O–H groups in total. The quantitative estimate of drug-likeness (QED) is 0.834. The van der Waals surface area contributed by atoms with E-state index in [-0.39, 0.29) is 6.04 Å². The molecule has 2 aromatic heterocycles. The van der Waals surface area contributed by atoms with E-state index in [1.807, 2.05) is 12.3 Å². The van der Waals surface area contributed by atoms with E-state index in [9.17, 15) is 0 Å². The molecule has 0 fully saturated rings. The Morgan fingerprint density at radius 1 is 1.33 bits per heavy atom. The summed E-state index contributed by atoms with van der Waals surface area (Å²) in [6, 6.07) is 6.58. The van der Waals surface area contributed by atoms with Gasteiger partial charge in [-0.15, -0.1) is 0 Å². The van der Waals surface area contributed by atoms with Gasteiger partial charge < -0.3 is 10.3 Å². The van der Waals surface area contributed by atoms with Gasteiger partial charge in [0, 0.05) is 23.6 Å². The van der Waals surface area contributed by atoms with Crippen LogP contribution in [0.25, 0.3) is 5.82 Å². The summed E-state index contributed by atoms with van der Waals surface area (Å²) in [5, 5.41) is 0. The molecule has 94 valence electrons. The van der Waals surface area contributed by atoms with Crippen LogP contribution in [-0.2, 0) is 6.42 Å². The van der Waals surface area contributed by atoms with Gasteiger partial charge in [-0.3, -0.25) is 0 Å². The first-order valence-electron chi connectivity index (χ1n) is 6.56. The number of nitrogens with two attached hydrogens (primary N) is 1. The molecule has 0 saturated heterocycles. The molecule has 2 aromatic rings. The average Bonchev–Trinajstić information content (AvgIpc) is 2.67. The molecule has 0 saturated carbocycles. The lowest BCUT2D eigenvalue weighted by Gasteiger charge is -2.21. The van der Waals surface area contributed by atoms with E-state index >= 15 is 0 Å². The zero-order valence-electron chi connectivity index (χ0n) is 11.0. The van der Waals surface area contributed by atoms with E-state index in [0.29, 0.717) is 0 Å². The average molecular weight is 241 g/mol. The second-order valence-corrected chi connectivity index (χ2v) is 5.21. The van der Waals surface area contributed by atoms with Gasteiger partial charge in [-0.1, -0.05) is 0 Å². The fraction of sp³-hybridized carbons (Fsp3) is 0.400. The molecule has 2 heterocycles. The largest absolute Gasteiger partial charge is 0.324 e. The molecule has 0 aromatic carbocycles. The van der Waals surface area contributed by atoms with E-state index in [4.69, 9.17) is 5.73 Å². The predicted octanol–water partition coefficient (Wildman–Crippen LogP) is 2.83. The van der Waals surface area contributed by atoms with Gasteiger partial charge in [-0.2, -0.15) is 0 Å². The SMILES string of the molecule is Cc1ccnc(-n2c(C)cc3c2CCCC3N)c1. The Morgan fingerprint density at radius 3 is 2.94 bits per heavy atom. The summed E-state index contributed by atoms with van der Waals surface area (Å²) in [6.45, 7) is 4.23. The van der Waals surface area contributed by atoms with Crippen LogP contribution in [0.5, 0.6) is 0 Å². The molecule has 0 aliphatic heterocycles. The minimum absolute atomic E-state index is 0.193. The molecule has 3 nitrogen and oxygen atoms in total. The number of rotatable bonds is 1. The van der Waals surface area contributed by atoms with E-state index in [1.165, 1.54) is 28.9 Å². The summed E-state index contributed by atoms with van der Waals surface area (Å²) in [5.74, 6) is 1.02. The van der Waals surface area contributed by atoms with Gasteiger partial charge in [0.1, 0.15) is 5.82 Å². The van der Waals surface area contributed by atoms with E-state index in [2.05, 4.69) is 35.5 Å². The fourth-order valence-electron chi connectivity index (χ4n) is 2.90. The highest BCUT2D eigenvalue weighted by Gasteiger charge is 2.23. The van der Waals surface area contributed by atoms with Crippen molar-refractivity contribution in [3.63, 3.8) is 0 Å². The van der Waals surface area contributed by atoms with Crippen molar-refractivity contribution in [2.75, 3.05) is 0 Å². The predicted molar refractivity (Wildman–Crippen MR) is 72.9 cm³/mol. The number of hydrogen-bond acceptors (Lipinski definition) is 2. The number of pyridine rings is 1. The summed E-state index contributed by atoms with van der Waals surface area (Å²) in [7, 11) is 0. The lowest BCUT2D eigenvalue weighted by atomic mass is 9.93. The molecule has 3 rings (SSSR count). The number of hydrogen-bond donors (Lipinski definition) is 1. The number of aromatic nitrogens is 2. The molecular formula is C15H19N3. The van der Waals surface area contributed by atoms with Crippen molar-refractivity contribution in [3.05, 3.63) is 46.9 Å². The Morgan fingerprint density at radius 2 is 2.17 bits per heavy atom. The van der Waals surface area contributed by atoms with Crippen LogP contribution in [0.2, 0.25) is 0 Å². The Kier molecular flexibility index (Phi) is 2.71. The number of aryl methyl sites for hydroxylation is 2. The van der Waals surface area contributed by atoms with Crippen LogP contribution >= 0.6 is 0 Å². The van der Waals surface area contributed by atoms with E-state index in [1.54, 1.807) is 0 Å². The summed E-state index contributed by atoms with van der Waals surface area (Å²) < 4.78 is 2.27. The monoisotopic (exact) mass is 241 g/mol. The van der Waals surface area contributed by atoms with Crippen LogP contribution < -0.4 is 5.73 Å². The second-order valence-electron chi connectivity index (χ2n) is 5.21.